The molecule has 13 heavy (non-hydrogen) atoms. The molecular formula is C10H20ClNO. The fourth-order valence-electron chi connectivity index (χ4n) is 1.87. The average molecular weight is 206 g/mol. The third-order valence-electron chi connectivity index (χ3n) is 2.65. The van der Waals surface area contributed by atoms with E-state index in [2.05, 4.69) is 5.32 Å². The second-order valence-electron chi connectivity index (χ2n) is 3.91. The largest absolute Gasteiger partial charge is 0.381 e. The minimum atomic E-state index is 0.225. The smallest absolute Gasteiger partial charge is 0.0586 e. The van der Waals surface area contributed by atoms with Crippen molar-refractivity contribution in [2.45, 2.75) is 50.1 Å². The van der Waals surface area contributed by atoms with Crippen LogP contribution in [0.1, 0.15) is 32.6 Å². The van der Waals surface area contributed by atoms with Crippen molar-refractivity contribution < 1.29 is 4.74 Å². The lowest BCUT2D eigenvalue weighted by molar-refractivity contribution is 0.0590. The van der Waals surface area contributed by atoms with E-state index in [4.69, 9.17) is 16.3 Å². The molecule has 0 aromatic heterocycles. The zero-order valence-electron chi connectivity index (χ0n) is 8.55. The van der Waals surface area contributed by atoms with Gasteiger partial charge in [-0.1, -0.05) is 0 Å². The van der Waals surface area contributed by atoms with Crippen LogP contribution in [-0.4, -0.2) is 31.2 Å². The predicted octanol–water partition coefficient (Wildman–Crippen LogP) is 2.16. The van der Waals surface area contributed by atoms with Crippen molar-refractivity contribution in [1.29, 1.82) is 0 Å². The van der Waals surface area contributed by atoms with Gasteiger partial charge >= 0.3 is 0 Å². The molecule has 1 aliphatic carbocycles. The number of nitrogens with one attached hydrogen (secondary N) is 1. The summed E-state index contributed by atoms with van der Waals surface area (Å²) in [5.41, 5.74) is 0. The molecule has 1 fully saturated rings. The molecule has 0 aromatic rings. The van der Waals surface area contributed by atoms with E-state index < -0.39 is 0 Å². The van der Waals surface area contributed by atoms with E-state index in [-0.39, 0.29) is 5.38 Å². The molecule has 0 spiro atoms. The van der Waals surface area contributed by atoms with Crippen molar-refractivity contribution in [3.05, 3.63) is 0 Å². The Balaban J connectivity index is 2.18. The molecule has 0 aliphatic heterocycles. The van der Waals surface area contributed by atoms with Crippen LogP contribution in [0.3, 0.4) is 0 Å². The third kappa shape index (κ3) is 4.30. The molecule has 0 bridgehead atoms. The lowest BCUT2D eigenvalue weighted by Crippen LogP contribution is -2.38. The average Bonchev–Trinajstić information content (AvgIpc) is 2.15. The molecule has 3 unspecified atom stereocenters. The minimum absolute atomic E-state index is 0.225. The van der Waals surface area contributed by atoms with Gasteiger partial charge in [0, 0.05) is 25.1 Å². The monoisotopic (exact) mass is 205 g/mol. The molecule has 2 nitrogen and oxygen atoms in total. The zero-order valence-corrected chi connectivity index (χ0v) is 9.31. The Morgan fingerprint density at radius 3 is 2.92 bits per heavy atom. The number of hydrogen-bond donors (Lipinski definition) is 1. The van der Waals surface area contributed by atoms with E-state index in [9.17, 15) is 0 Å². The van der Waals surface area contributed by atoms with Crippen LogP contribution in [0.25, 0.3) is 0 Å². The van der Waals surface area contributed by atoms with Crippen molar-refractivity contribution in [3.63, 3.8) is 0 Å². The Kier molecular flexibility index (Phi) is 5.07. The maximum atomic E-state index is 5.87. The fourth-order valence-corrected chi connectivity index (χ4v) is 1.96. The first-order valence-electron chi connectivity index (χ1n) is 5.12. The number of halogens is 1. The van der Waals surface area contributed by atoms with E-state index >= 15 is 0 Å². The number of alkyl halides is 1. The van der Waals surface area contributed by atoms with Crippen molar-refractivity contribution in [2.24, 2.45) is 0 Å². The summed E-state index contributed by atoms with van der Waals surface area (Å²) in [5, 5.41) is 3.70. The van der Waals surface area contributed by atoms with Crippen LogP contribution in [0.15, 0.2) is 0 Å². The van der Waals surface area contributed by atoms with E-state index in [1.54, 1.807) is 7.11 Å². The van der Waals surface area contributed by atoms with Crippen LogP contribution in [0.4, 0.5) is 0 Å². The van der Waals surface area contributed by atoms with Crippen LogP contribution in [-0.2, 0) is 4.74 Å². The number of hydrogen-bond acceptors (Lipinski definition) is 2. The van der Waals surface area contributed by atoms with Crippen LogP contribution >= 0.6 is 11.6 Å². The first-order valence-corrected chi connectivity index (χ1v) is 5.56. The Hall–Kier alpha value is 0.210. The van der Waals surface area contributed by atoms with Crippen LogP contribution in [0.2, 0.25) is 0 Å². The van der Waals surface area contributed by atoms with Gasteiger partial charge in [-0.3, -0.25) is 0 Å². The number of methoxy groups -OCH3 is 1. The summed E-state index contributed by atoms with van der Waals surface area (Å²) in [4.78, 5) is 0. The highest BCUT2D eigenvalue weighted by Crippen LogP contribution is 2.20. The SMILES string of the molecule is COC1CCCC(NCC(C)Cl)C1. The summed E-state index contributed by atoms with van der Waals surface area (Å²) < 4.78 is 5.36. The predicted molar refractivity (Wildman–Crippen MR) is 56.4 cm³/mol. The summed E-state index contributed by atoms with van der Waals surface area (Å²) in [7, 11) is 1.80. The van der Waals surface area contributed by atoms with Gasteiger partial charge in [0.1, 0.15) is 0 Å². The van der Waals surface area contributed by atoms with E-state index in [1.165, 1.54) is 19.3 Å². The molecule has 3 heteroatoms. The topological polar surface area (TPSA) is 21.3 Å². The molecule has 1 aliphatic rings. The van der Waals surface area contributed by atoms with Gasteiger partial charge in [0.05, 0.1) is 6.10 Å². The van der Waals surface area contributed by atoms with Gasteiger partial charge in [0.2, 0.25) is 0 Å². The van der Waals surface area contributed by atoms with Gasteiger partial charge in [-0.05, 0) is 32.6 Å². The van der Waals surface area contributed by atoms with Crippen LogP contribution in [0, 0.1) is 0 Å². The Morgan fingerprint density at radius 1 is 1.54 bits per heavy atom. The van der Waals surface area contributed by atoms with Gasteiger partial charge in [0.15, 0.2) is 0 Å². The Morgan fingerprint density at radius 2 is 2.31 bits per heavy atom. The van der Waals surface area contributed by atoms with Gasteiger partial charge < -0.3 is 10.1 Å². The Bertz CT molecular complexity index is 141. The minimum Gasteiger partial charge on any atom is -0.381 e. The second kappa shape index (κ2) is 5.84. The van der Waals surface area contributed by atoms with Crippen molar-refractivity contribution >= 4 is 11.6 Å². The summed E-state index contributed by atoms with van der Waals surface area (Å²) in [6, 6.07) is 0.611. The van der Waals surface area contributed by atoms with Crippen LogP contribution in [0.5, 0.6) is 0 Å². The van der Waals surface area contributed by atoms with Crippen molar-refractivity contribution in [3.8, 4) is 0 Å². The van der Waals surface area contributed by atoms with Crippen LogP contribution < -0.4 is 5.32 Å². The highest BCUT2D eigenvalue weighted by Gasteiger charge is 2.21. The maximum Gasteiger partial charge on any atom is 0.0586 e. The van der Waals surface area contributed by atoms with E-state index in [1.807, 2.05) is 6.92 Å². The van der Waals surface area contributed by atoms with Gasteiger partial charge in [0.25, 0.3) is 0 Å². The number of rotatable bonds is 4. The Labute approximate surface area is 86.0 Å². The molecular weight excluding hydrogens is 186 g/mol. The highest BCUT2D eigenvalue weighted by molar-refractivity contribution is 6.20. The van der Waals surface area contributed by atoms with E-state index in [0.29, 0.717) is 12.1 Å². The summed E-state index contributed by atoms with van der Waals surface area (Å²) >= 11 is 5.87. The lowest BCUT2D eigenvalue weighted by Gasteiger charge is -2.29. The summed E-state index contributed by atoms with van der Waals surface area (Å²) in [5.74, 6) is 0. The molecule has 0 amide bonds. The lowest BCUT2D eigenvalue weighted by atomic mass is 9.93. The quantitative estimate of drug-likeness (QED) is 0.711. The number of ether oxygens (including phenoxy) is 1. The summed E-state index contributed by atoms with van der Waals surface area (Å²) in [6.45, 7) is 2.92. The molecule has 78 valence electrons. The molecule has 1 saturated carbocycles. The molecule has 1 N–H and O–H groups in total. The van der Waals surface area contributed by atoms with Crippen molar-refractivity contribution in [2.75, 3.05) is 13.7 Å². The molecule has 0 aromatic carbocycles. The first kappa shape index (κ1) is 11.3. The normalized spacial score (nSPS) is 31.6. The van der Waals surface area contributed by atoms with Gasteiger partial charge in [-0.25, -0.2) is 0 Å². The molecule has 3 atom stereocenters. The third-order valence-corrected chi connectivity index (χ3v) is 2.80. The zero-order chi connectivity index (χ0) is 9.68. The molecule has 1 rings (SSSR count). The molecule has 0 heterocycles. The molecule has 0 saturated heterocycles. The first-order chi connectivity index (χ1) is 6.22. The molecule has 0 radical (unpaired) electrons. The standard InChI is InChI=1S/C10H20ClNO/c1-8(11)7-12-9-4-3-5-10(6-9)13-2/h8-10,12H,3-7H2,1-2H3. The fraction of sp³-hybridized carbons (Fsp3) is 1.00. The van der Waals surface area contributed by atoms with Gasteiger partial charge in [-0.15, -0.1) is 11.6 Å². The van der Waals surface area contributed by atoms with Gasteiger partial charge in [-0.2, -0.15) is 0 Å². The van der Waals surface area contributed by atoms with E-state index in [0.717, 1.165) is 13.0 Å². The highest BCUT2D eigenvalue weighted by atomic mass is 35.5. The summed E-state index contributed by atoms with van der Waals surface area (Å²) in [6.07, 6.45) is 5.35. The second-order valence-corrected chi connectivity index (χ2v) is 4.66. The maximum absolute atomic E-state index is 5.87. The van der Waals surface area contributed by atoms with Crippen molar-refractivity contribution in [1.82, 2.24) is 5.32 Å².